The van der Waals surface area contributed by atoms with Crippen molar-refractivity contribution in [3.63, 3.8) is 0 Å². The fourth-order valence-corrected chi connectivity index (χ4v) is 4.15. The Hall–Kier alpha value is -2.38. The van der Waals surface area contributed by atoms with Crippen molar-refractivity contribution < 1.29 is 4.79 Å². The Balaban J connectivity index is 1.56. The van der Waals surface area contributed by atoms with Gasteiger partial charge in [0.1, 0.15) is 0 Å². The van der Waals surface area contributed by atoms with E-state index < -0.39 is 0 Å². The molecule has 1 aromatic heterocycles. The first-order chi connectivity index (χ1) is 12.9. The van der Waals surface area contributed by atoms with Crippen molar-refractivity contribution in [1.82, 2.24) is 10.2 Å². The van der Waals surface area contributed by atoms with Crippen molar-refractivity contribution in [2.24, 2.45) is 0 Å². The van der Waals surface area contributed by atoms with Crippen LogP contribution in [-0.4, -0.2) is 21.9 Å². The summed E-state index contributed by atoms with van der Waals surface area (Å²) in [7, 11) is 0. The van der Waals surface area contributed by atoms with Gasteiger partial charge in [-0.3, -0.25) is 4.79 Å². The fourth-order valence-electron chi connectivity index (χ4n) is 2.59. The van der Waals surface area contributed by atoms with Crippen molar-refractivity contribution in [3.05, 3.63) is 58.7 Å². The highest BCUT2D eigenvalue weighted by Gasteiger charge is 2.11. The first kappa shape index (κ1) is 19.4. The fraction of sp³-hybridized carbons (Fsp3) is 0.250. The Bertz CT molecular complexity index is 968. The number of carbonyl (C=O) groups is 1. The summed E-state index contributed by atoms with van der Waals surface area (Å²) in [5.74, 6) is 0.249. The van der Waals surface area contributed by atoms with Gasteiger partial charge in [-0.25, -0.2) is 0 Å². The summed E-state index contributed by atoms with van der Waals surface area (Å²) in [6.45, 7) is 8.17. The summed E-state index contributed by atoms with van der Waals surface area (Å²) in [5, 5.41) is 15.3. The summed E-state index contributed by atoms with van der Waals surface area (Å²) < 4.78 is 0.762. The number of rotatable bonds is 6. The molecule has 0 aliphatic heterocycles. The van der Waals surface area contributed by atoms with E-state index in [1.54, 1.807) is 0 Å². The van der Waals surface area contributed by atoms with Crippen LogP contribution < -0.4 is 10.6 Å². The molecule has 140 valence electrons. The molecule has 27 heavy (non-hydrogen) atoms. The van der Waals surface area contributed by atoms with Gasteiger partial charge in [0, 0.05) is 11.4 Å². The third-order valence-corrected chi connectivity index (χ3v) is 6.21. The summed E-state index contributed by atoms with van der Waals surface area (Å²) in [4.78, 5) is 12.2. The third kappa shape index (κ3) is 5.08. The minimum Gasteiger partial charge on any atom is -0.330 e. The number of nitrogens with one attached hydrogen (secondary N) is 2. The molecule has 2 N–H and O–H groups in total. The van der Waals surface area contributed by atoms with E-state index in [0.717, 1.165) is 37.5 Å². The van der Waals surface area contributed by atoms with E-state index in [4.69, 9.17) is 0 Å². The predicted octanol–water partition coefficient (Wildman–Crippen LogP) is 5.25. The summed E-state index contributed by atoms with van der Waals surface area (Å²) in [6, 6.07) is 12.1. The number of aromatic nitrogens is 2. The number of nitrogens with zero attached hydrogens (tertiary/aromatic N) is 2. The van der Waals surface area contributed by atoms with Gasteiger partial charge in [0.15, 0.2) is 4.34 Å². The smallest absolute Gasteiger partial charge is 0.234 e. The van der Waals surface area contributed by atoms with Crippen LogP contribution in [0.3, 0.4) is 0 Å². The highest BCUT2D eigenvalue weighted by Crippen LogP contribution is 2.29. The average molecular weight is 399 g/mol. The molecule has 0 saturated carbocycles. The summed E-state index contributed by atoms with van der Waals surface area (Å²) in [5.41, 5.74) is 6.50. The molecule has 0 bridgehead atoms. The molecule has 5 nitrogen and oxygen atoms in total. The second kappa shape index (κ2) is 8.54. The molecule has 1 amide bonds. The van der Waals surface area contributed by atoms with E-state index in [-0.39, 0.29) is 5.91 Å². The molecular formula is C20H22N4OS2. The number of carbonyl (C=O) groups excluding carboxylic acids is 1. The lowest BCUT2D eigenvalue weighted by molar-refractivity contribution is -0.113. The van der Waals surface area contributed by atoms with Crippen molar-refractivity contribution in [2.75, 3.05) is 16.4 Å². The van der Waals surface area contributed by atoms with E-state index in [0.29, 0.717) is 5.75 Å². The maximum absolute atomic E-state index is 12.2. The first-order valence-corrected chi connectivity index (χ1v) is 10.4. The van der Waals surface area contributed by atoms with Crippen LogP contribution in [0.25, 0.3) is 0 Å². The highest BCUT2D eigenvalue weighted by atomic mass is 32.2. The van der Waals surface area contributed by atoms with Gasteiger partial charge in [-0.1, -0.05) is 52.9 Å². The van der Waals surface area contributed by atoms with Gasteiger partial charge < -0.3 is 10.6 Å². The van der Waals surface area contributed by atoms with Crippen molar-refractivity contribution in [2.45, 2.75) is 32.0 Å². The minimum absolute atomic E-state index is 0.0483. The first-order valence-electron chi connectivity index (χ1n) is 8.59. The predicted molar refractivity (Wildman–Crippen MR) is 114 cm³/mol. The normalized spacial score (nSPS) is 10.7. The van der Waals surface area contributed by atoms with Crippen LogP contribution in [0.1, 0.15) is 22.3 Å². The van der Waals surface area contributed by atoms with Crippen LogP contribution in [0, 0.1) is 27.7 Å². The molecule has 0 spiro atoms. The Labute approximate surface area is 167 Å². The standard InChI is InChI=1S/C20H22N4OS2/c1-12-8-9-16(14(3)10-12)22-19-23-24-20(27-19)26-11-18(25)21-17-7-5-6-13(2)15(17)4/h5-10H,11H2,1-4H3,(H,21,25)(H,22,23). The molecule has 0 aliphatic rings. The molecule has 3 aromatic rings. The average Bonchev–Trinajstić information content (AvgIpc) is 3.07. The Morgan fingerprint density at radius 2 is 1.85 bits per heavy atom. The van der Waals surface area contributed by atoms with Crippen LogP contribution >= 0.6 is 23.1 Å². The second-order valence-electron chi connectivity index (χ2n) is 6.40. The van der Waals surface area contributed by atoms with E-state index in [1.807, 2.05) is 38.1 Å². The zero-order chi connectivity index (χ0) is 19.4. The number of hydrogen-bond acceptors (Lipinski definition) is 6. The molecule has 0 unspecified atom stereocenters. The lowest BCUT2D eigenvalue weighted by atomic mass is 10.1. The van der Waals surface area contributed by atoms with Gasteiger partial charge in [-0.15, -0.1) is 10.2 Å². The van der Waals surface area contributed by atoms with Crippen molar-refractivity contribution >= 4 is 45.5 Å². The van der Waals surface area contributed by atoms with Crippen LogP contribution in [0.4, 0.5) is 16.5 Å². The van der Waals surface area contributed by atoms with E-state index >= 15 is 0 Å². The van der Waals surface area contributed by atoms with Gasteiger partial charge in [0.25, 0.3) is 0 Å². The second-order valence-corrected chi connectivity index (χ2v) is 8.60. The number of benzene rings is 2. The topological polar surface area (TPSA) is 66.9 Å². The molecule has 7 heteroatoms. The van der Waals surface area contributed by atoms with Crippen molar-refractivity contribution in [3.8, 4) is 0 Å². The zero-order valence-corrected chi connectivity index (χ0v) is 17.4. The number of amides is 1. The SMILES string of the molecule is Cc1ccc(Nc2nnc(SCC(=O)Nc3cccc(C)c3C)s2)c(C)c1. The molecule has 0 saturated heterocycles. The van der Waals surface area contributed by atoms with Crippen LogP contribution in [0.2, 0.25) is 0 Å². The van der Waals surface area contributed by atoms with Crippen LogP contribution in [-0.2, 0) is 4.79 Å². The van der Waals surface area contributed by atoms with E-state index in [9.17, 15) is 4.79 Å². The number of aryl methyl sites for hydroxylation is 3. The molecule has 0 fully saturated rings. The molecule has 3 rings (SSSR count). The molecule has 0 atom stereocenters. The van der Waals surface area contributed by atoms with Crippen LogP contribution in [0.5, 0.6) is 0 Å². The number of hydrogen-bond donors (Lipinski definition) is 2. The Morgan fingerprint density at radius 3 is 2.63 bits per heavy atom. The Morgan fingerprint density at radius 1 is 1.04 bits per heavy atom. The maximum atomic E-state index is 12.2. The summed E-state index contributed by atoms with van der Waals surface area (Å²) >= 11 is 2.83. The van der Waals surface area contributed by atoms with Crippen LogP contribution in [0.15, 0.2) is 40.7 Å². The molecule has 0 radical (unpaired) electrons. The van der Waals surface area contributed by atoms with Gasteiger partial charge in [0.2, 0.25) is 11.0 Å². The third-order valence-electron chi connectivity index (χ3n) is 4.24. The van der Waals surface area contributed by atoms with E-state index in [1.165, 1.54) is 28.7 Å². The van der Waals surface area contributed by atoms with Gasteiger partial charge in [0.05, 0.1) is 5.75 Å². The highest BCUT2D eigenvalue weighted by molar-refractivity contribution is 8.01. The monoisotopic (exact) mass is 398 g/mol. The molecular weight excluding hydrogens is 376 g/mol. The molecule has 0 aliphatic carbocycles. The quantitative estimate of drug-likeness (QED) is 0.555. The zero-order valence-electron chi connectivity index (χ0n) is 15.8. The molecule has 1 heterocycles. The van der Waals surface area contributed by atoms with E-state index in [2.05, 4.69) is 46.8 Å². The van der Waals surface area contributed by atoms with Gasteiger partial charge in [-0.2, -0.15) is 0 Å². The minimum atomic E-state index is -0.0483. The lowest BCUT2D eigenvalue weighted by Crippen LogP contribution is -2.15. The lowest BCUT2D eigenvalue weighted by Gasteiger charge is -2.09. The van der Waals surface area contributed by atoms with Gasteiger partial charge in [-0.05, 0) is 56.5 Å². The largest absolute Gasteiger partial charge is 0.330 e. The van der Waals surface area contributed by atoms with Crippen molar-refractivity contribution in [1.29, 1.82) is 0 Å². The number of thioether (sulfide) groups is 1. The summed E-state index contributed by atoms with van der Waals surface area (Å²) in [6.07, 6.45) is 0. The van der Waals surface area contributed by atoms with Gasteiger partial charge >= 0.3 is 0 Å². The maximum Gasteiger partial charge on any atom is 0.234 e. The molecule has 2 aromatic carbocycles. The number of anilines is 3. The Kier molecular flexibility index (Phi) is 6.13.